The smallest absolute Gasteiger partial charge is 0.304 e. The molecule has 2 heterocycles. The van der Waals surface area contributed by atoms with Gasteiger partial charge in [0.1, 0.15) is 28.4 Å². The zero-order valence-corrected chi connectivity index (χ0v) is 28.4. The summed E-state index contributed by atoms with van der Waals surface area (Å²) in [6.45, 7) is 2.73. The SMILES string of the molecule is CC(CO[Si](c1ccccc1)c1ccccc1)Oc1cc(Oc2ccc(S(C)(=O)=O)cc2)cc2cc(C3=NCC(CC(=O)O)S3)[nH]c12. The van der Waals surface area contributed by atoms with Gasteiger partial charge in [0.05, 0.1) is 35.7 Å². The number of rotatable bonds is 13. The Morgan fingerprint density at radius 1 is 0.979 bits per heavy atom. The third-order valence-electron chi connectivity index (χ3n) is 7.37. The fourth-order valence-corrected chi connectivity index (χ4v) is 8.94. The van der Waals surface area contributed by atoms with Crippen molar-refractivity contribution >= 4 is 62.9 Å². The normalized spacial score (nSPS) is 15.5. The number of H-pyrrole nitrogens is 1. The van der Waals surface area contributed by atoms with Gasteiger partial charge in [-0.2, -0.15) is 0 Å². The van der Waals surface area contributed by atoms with Gasteiger partial charge in [-0.25, -0.2) is 8.42 Å². The Morgan fingerprint density at radius 3 is 2.26 bits per heavy atom. The van der Waals surface area contributed by atoms with Crippen LogP contribution in [0.4, 0.5) is 0 Å². The Hall–Kier alpha value is -4.36. The Labute approximate surface area is 279 Å². The van der Waals surface area contributed by atoms with Crippen LogP contribution in [-0.4, -0.2) is 69.3 Å². The first kappa shape index (κ1) is 32.6. The van der Waals surface area contributed by atoms with Crippen LogP contribution in [0.25, 0.3) is 10.9 Å². The molecule has 1 aromatic heterocycles. The molecular weight excluding hydrogens is 653 g/mol. The highest BCUT2D eigenvalue weighted by molar-refractivity contribution is 8.15. The molecule has 6 rings (SSSR count). The zero-order chi connectivity index (χ0) is 33.0. The lowest BCUT2D eigenvalue weighted by molar-refractivity contribution is -0.136. The fraction of sp³-hybridized carbons (Fsp3) is 0.200. The average molecular weight is 686 g/mol. The van der Waals surface area contributed by atoms with Crippen molar-refractivity contribution < 1.29 is 32.2 Å². The maximum absolute atomic E-state index is 11.9. The first-order valence-corrected chi connectivity index (χ1v) is 19.2. The molecule has 0 amide bonds. The molecule has 0 aliphatic carbocycles. The molecule has 9 nitrogen and oxygen atoms in total. The van der Waals surface area contributed by atoms with Crippen LogP contribution in [0.5, 0.6) is 17.2 Å². The number of nitrogens with zero attached hydrogens (tertiary/aromatic N) is 1. The van der Waals surface area contributed by atoms with E-state index in [2.05, 4.69) is 34.2 Å². The van der Waals surface area contributed by atoms with Crippen LogP contribution in [0.1, 0.15) is 19.0 Å². The van der Waals surface area contributed by atoms with E-state index >= 15 is 0 Å². The number of hydrogen-bond acceptors (Lipinski definition) is 8. The van der Waals surface area contributed by atoms with Gasteiger partial charge in [0.25, 0.3) is 9.04 Å². The number of aromatic amines is 1. The molecule has 0 saturated heterocycles. The van der Waals surface area contributed by atoms with Gasteiger partial charge in [-0.1, -0.05) is 72.4 Å². The summed E-state index contributed by atoms with van der Waals surface area (Å²) in [6.07, 6.45) is 0.865. The number of hydrogen-bond donors (Lipinski definition) is 2. The van der Waals surface area contributed by atoms with Gasteiger partial charge < -0.3 is 24.0 Å². The van der Waals surface area contributed by atoms with Crippen molar-refractivity contribution in [3.05, 3.63) is 109 Å². The van der Waals surface area contributed by atoms with Gasteiger partial charge in [0.15, 0.2) is 9.84 Å². The van der Waals surface area contributed by atoms with Gasteiger partial charge >= 0.3 is 5.97 Å². The van der Waals surface area contributed by atoms with E-state index in [0.29, 0.717) is 30.4 Å². The van der Waals surface area contributed by atoms with Crippen LogP contribution in [0.2, 0.25) is 0 Å². The van der Waals surface area contributed by atoms with Crippen molar-refractivity contribution in [2.24, 2.45) is 4.99 Å². The molecule has 0 bridgehead atoms. The van der Waals surface area contributed by atoms with Crippen LogP contribution in [-0.2, 0) is 19.1 Å². The minimum atomic E-state index is -3.34. The standard InChI is InChI=1S/C35H33N2O7S2Si/c1-23(22-42-47(29-9-5-3-6-10-29)30-11-7-4-8-12-30)43-32-19-26(44-25-13-15-28(16-14-25)46(2,40)41)17-24-18-31(37-34(24)32)35-36-21-27(45-35)20-33(38)39/h3-19,23,27,37H,20-22H2,1-2H3,(H,38,39). The first-order chi connectivity index (χ1) is 22.6. The van der Waals surface area contributed by atoms with Crippen molar-refractivity contribution in [3.8, 4) is 17.2 Å². The van der Waals surface area contributed by atoms with E-state index < -0.39 is 24.8 Å². The molecule has 241 valence electrons. The predicted molar refractivity (Wildman–Crippen MR) is 187 cm³/mol. The number of aromatic nitrogens is 1. The third kappa shape index (κ3) is 8.14. The largest absolute Gasteiger partial charge is 0.486 e. The van der Waals surface area contributed by atoms with Crippen molar-refractivity contribution in [2.45, 2.75) is 29.6 Å². The van der Waals surface area contributed by atoms with Crippen molar-refractivity contribution in [2.75, 3.05) is 19.4 Å². The summed E-state index contributed by atoms with van der Waals surface area (Å²) >= 11 is 1.44. The van der Waals surface area contributed by atoms with Gasteiger partial charge in [-0.05, 0) is 53.7 Å². The summed E-state index contributed by atoms with van der Waals surface area (Å²) in [6, 6.07) is 32.3. The Morgan fingerprint density at radius 2 is 1.64 bits per heavy atom. The van der Waals surface area contributed by atoms with E-state index in [4.69, 9.17) is 13.9 Å². The number of aliphatic imine (C=N–C) groups is 1. The number of carbonyl (C=O) groups is 1. The van der Waals surface area contributed by atoms with Gasteiger partial charge in [0.2, 0.25) is 0 Å². The molecule has 2 unspecified atom stereocenters. The quantitative estimate of drug-likeness (QED) is 0.160. The fourth-order valence-electron chi connectivity index (χ4n) is 5.17. The van der Waals surface area contributed by atoms with E-state index in [1.807, 2.05) is 55.5 Å². The lowest BCUT2D eigenvalue weighted by atomic mass is 10.2. The Bertz CT molecular complexity index is 1960. The van der Waals surface area contributed by atoms with Gasteiger partial charge in [-0.15, -0.1) is 0 Å². The van der Waals surface area contributed by atoms with E-state index in [0.717, 1.165) is 38.3 Å². The van der Waals surface area contributed by atoms with Crippen LogP contribution in [0, 0.1) is 0 Å². The van der Waals surface area contributed by atoms with Crippen LogP contribution < -0.4 is 19.8 Å². The summed E-state index contributed by atoms with van der Waals surface area (Å²) in [5.41, 5.74) is 1.51. The number of nitrogens with one attached hydrogen (secondary N) is 1. The number of ether oxygens (including phenoxy) is 2. The summed E-state index contributed by atoms with van der Waals surface area (Å²) in [5, 5.41) is 13.0. The molecule has 1 aliphatic heterocycles. The van der Waals surface area contributed by atoms with E-state index in [-0.39, 0.29) is 22.7 Å². The van der Waals surface area contributed by atoms with Crippen molar-refractivity contribution in [3.63, 3.8) is 0 Å². The average Bonchev–Trinajstić information content (AvgIpc) is 3.69. The maximum Gasteiger partial charge on any atom is 0.304 e. The van der Waals surface area contributed by atoms with E-state index in [9.17, 15) is 18.3 Å². The lowest BCUT2D eigenvalue weighted by Gasteiger charge is -2.21. The molecule has 2 N–H and O–H groups in total. The molecule has 0 fully saturated rings. The van der Waals surface area contributed by atoms with Crippen LogP contribution in [0.15, 0.2) is 113 Å². The molecule has 1 radical (unpaired) electrons. The van der Waals surface area contributed by atoms with Gasteiger partial charge in [-0.3, -0.25) is 9.79 Å². The number of carboxylic acids is 1. The number of sulfone groups is 1. The molecule has 2 atom stereocenters. The maximum atomic E-state index is 11.9. The highest BCUT2D eigenvalue weighted by Crippen LogP contribution is 2.37. The van der Waals surface area contributed by atoms with Crippen molar-refractivity contribution in [1.29, 1.82) is 0 Å². The molecule has 12 heteroatoms. The second-order valence-corrected chi connectivity index (χ2v) is 16.6. The van der Waals surface area contributed by atoms with Crippen molar-refractivity contribution in [1.82, 2.24) is 4.98 Å². The minimum absolute atomic E-state index is 0.0370. The highest BCUT2D eigenvalue weighted by Gasteiger charge is 2.25. The molecule has 0 spiro atoms. The number of fused-ring (bicyclic) bond motifs is 1. The monoisotopic (exact) mass is 685 g/mol. The second-order valence-electron chi connectivity index (χ2n) is 11.2. The summed E-state index contributed by atoms with van der Waals surface area (Å²) in [5.74, 6) is 0.672. The molecule has 47 heavy (non-hydrogen) atoms. The van der Waals surface area contributed by atoms with Gasteiger partial charge in [0, 0.05) is 23.0 Å². The number of aliphatic carboxylic acids is 1. The summed E-state index contributed by atoms with van der Waals surface area (Å²) in [7, 11) is -4.87. The number of benzene rings is 4. The molecular formula is C35H33N2O7S2Si. The highest BCUT2D eigenvalue weighted by atomic mass is 32.2. The number of carboxylic acid groups (broad SMARTS) is 1. The zero-order valence-electron chi connectivity index (χ0n) is 25.8. The molecule has 4 aromatic carbocycles. The lowest BCUT2D eigenvalue weighted by Crippen LogP contribution is -2.46. The topological polar surface area (TPSA) is 127 Å². The predicted octanol–water partition coefficient (Wildman–Crippen LogP) is 5.29. The Balaban J connectivity index is 1.27. The third-order valence-corrected chi connectivity index (χ3v) is 11.9. The second kappa shape index (κ2) is 14.2. The van der Waals surface area contributed by atoms with E-state index in [1.165, 1.54) is 23.9 Å². The Kier molecular flexibility index (Phi) is 9.83. The summed E-state index contributed by atoms with van der Waals surface area (Å²) < 4.78 is 43.1. The molecule has 1 aliphatic rings. The van der Waals surface area contributed by atoms with Crippen LogP contribution in [0.3, 0.4) is 0 Å². The molecule has 5 aromatic rings. The van der Waals surface area contributed by atoms with Crippen LogP contribution >= 0.6 is 11.8 Å². The minimum Gasteiger partial charge on any atom is -0.486 e. The first-order valence-electron chi connectivity index (χ1n) is 15.0. The van der Waals surface area contributed by atoms with E-state index in [1.54, 1.807) is 18.2 Å². The summed E-state index contributed by atoms with van der Waals surface area (Å²) in [4.78, 5) is 19.5. The molecule has 0 saturated carbocycles. The number of thioether (sulfide) groups is 1.